The largest absolute Gasteiger partial charge is 0.492 e. The Morgan fingerprint density at radius 2 is 1.65 bits per heavy atom. The van der Waals surface area contributed by atoms with Crippen molar-refractivity contribution < 1.29 is 18.3 Å². The third-order valence-corrected chi connectivity index (χ3v) is 7.41. The number of rotatable bonds is 8. The van der Waals surface area contributed by atoms with Gasteiger partial charge in [-0.15, -0.1) is 0 Å². The zero-order chi connectivity index (χ0) is 28.6. The second-order valence-electron chi connectivity index (χ2n) is 10.8. The SMILES string of the molecule is Cc1ccc(OC[C@@H]2CC(F)(F)CN2C)cc1C(=O)N[C@H](C)c1cc(-c2cnn(C)c2)cc(-c2cnn(C)c2)c1. The van der Waals surface area contributed by atoms with E-state index in [-0.39, 0.29) is 37.6 Å². The summed E-state index contributed by atoms with van der Waals surface area (Å²) in [5.41, 5.74) is 6.12. The van der Waals surface area contributed by atoms with E-state index in [4.69, 9.17) is 4.74 Å². The summed E-state index contributed by atoms with van der Waals surface area (Å²) in [4.78, 5) is 15.0. The van der Waals surface area contributed by atoms with Crippen LogP contribution in [0.3, 0.4) is 0 Å². The van der Waals surface area contributed by atoms with Crippen molar-refractivity contribution in [2.75, 3.05) is 20.2 Å². The van der Waals surface area contributed by atoms with Gasteiger partial charge in [0.25, 0.3) is 11.8 Å². The van der Waals surface area contributed by atoms with Crippen molar-refractivity contribution in [2.24, 2.45) is 14.1 Å². The summed E-state index contributed by atoms with van der Waals surface area (Å²) in [5, 5.41) is 11.7. The topological polar surface area (TPSA) is 77.2 Å². The van der Waals surface area contributed by atoms with Gasteiger partial charge in [-0.1, -0.05) is 6.07 Å². The standard InChI is InChI=1S/C30H34F2N6O2/c1-19-6-7-27(40-17-26-12-30(31,32)18-36(26)3)11-28(19)29(39)35-20(2)21-8-22(24-13-33-37(4)15-24)10-23(9-21)25-14-34-38(5)16-25/h6-11,13-16,20,26H,12,17-18H2,1-5H3,(H,35,39)/t20-,26+/m1/s1. The number of nitrogens with zero attached hydrogens (tertiary/aromatic N) is 5. The van der Waals surface area contributed by atoms with Gasteiger partial charge < -0.3 is 10.1 Å². The van der Waals surface area contributed by atoms with Crippen molar-refractivity contribution >= 4 is 5.91 Å². The van der Waals surface area contributed by atoms with E-state index in [9.17, 15) is 13.6 Å². The Labute approximate surface area is 232 Å². The molecule has 8 nitrogen and oxygen atoms in total. The van der Waals surface area contributed by atoms with E-state index in [1.54, 1.807) is 33.4 Å². The van der Waals surface area contributed by atoms with Crippen molar-refractivity contribution in [2.45, 2.75) is 38.3 Å². The third kappa shape index (κ3) is 6.07. The van der Waals surface area contributed by atoms with E-state index < -0.39 is 5.92 Å². The molecule has 40 heavy (non-hydrogen) atoms. The van der Waals surface area contributed by atoms with Crippen LogP contribution in [0.1, 0.15) is 40.9 Å². The first-order chi connectivity index (χ1) is 19.0. The lowest BCUT2D eigenvalue weighted by Gasteiger charge is -2.20. The zero-order valence-electron chi connectivity index (χ0n) is 23.4. The van der Waals surface area contributed by atoms with E-state index in [2.05, 4.69) is 33.7 Å². The van der Waals surface area contributed by atoms with Gasteiger partial charge in [-0.25, -0.2) is 8.78 Å². The molecule has 2 aromatic carbocycles. The molecule has 4 aromatic rings. The number of amides is 1. The number of alkyl halides is 2. The fraction of sp³-hybridized carbons (Fsp3) is 0.367. The minimum Gasteiger partial charge on any atom is -0.492 e. The maximum atomic E-state index is 13.7. The molecule has 0 unspecified atom stereocenters. The van der Waals surface area contributed by atoms with Crippen LogP contribution in [0.5, 0.6) is 5.75 Å². The van der Waals surface area contributed by atoms with Gasteiger partial charge in [0, 0.05) is 55.6 Å². The van der Waals surface area contributed by atoms with Crippen LogP contribution in [0.2, 0.25) is 0 Å². The average molecular weight is 549 g/mol. The van der Waals surface area contributed by atoms with Gasteiger partial charge in [0.1, 0.15) is 12.4 Å². The zero-order valence-corrected chi connectivity index (χ0v) is 23.4. The second kappa shape index (κ2) is 10.8. The summed E-state index contributed by atoms with van der Waals surface area (Å²) >= 11 is 0. The quantitative estimate of drug-likeness (QED) is 0.335. The molecular formula is C30H34F2N6O2. The fourth-order valence-corrected chi connectivity index (χ4v) is 5.11. The molecule has 2 aromatic heterocycles. The molecule has 3 heterocycles. The van der Waals surface area contributed by atoms with Crippen LogP contribution >= 0.6 is 0 Å². The lowest BCUT2D eigenvalue weighted by Crippen LogP contribution is -2.31. The monoisotopic (exact) mass is 548 g/mol. The molecule has 0 saturated carbocycles. The molecule has 10 heteroatoms. The summed E-state index contributed by atoms with van der Waals surface area (Å²) in [5.74, 6) is -2.47. The molecule has 0 spiro atoms. The van der Waals surface area contributed by atoms with Gasteiger partial charge in [-0.3, -0.25) is 19.1 Å². The number of benzene rings is 2. The first kappa shape index (κ1) is 27.5. The van der Waals surface area contributed by atoms with Gasteiger partial charge >= 0.3 is 0 Å². The lowest BCUT2D eigenvalue weighted by atomic mass is 9.96. The second-order valence-corrected chi connectivity index (χ2v) is 10.8. The van der Waals surface area contributed by atoms with Crippen LogP contribution in [0.15, 0.2) is 61.2 Å². The number of halogens is 2. The molecule has 5 rings (SSSR count). The molecule has 1 aliphatic heterocycles. The number of ether oxygens (including phenoxy) is 1. The number of hydrogen-bond acceptors (Lipinski definition) is 5. The number of aromatic nitrogens is 4. The van der Waals surface area contributed by atoms with Gasteiger partial charge in [0.05, 0.1) is 25.0 Å². The van der Waals surface area contributed by atoms with Gasteiger partial charge in [-0.05, 0) is 73.5 Å². The van der Waals surface area contributed by atoms with Crippen LogP contribution in [-0.4, -0.2) is 62.5 Å². The van der Waals surface area contributed by atoms with Crippen LogP contribution < -0.4 is 10.1 Å². The minimum absolute atomic E-state index is 0.130. The predicted octanol–water partition coefficient (Wildman–Crippen LogP) is 5.01. The van der Waals surface area contributed by atoms with Crippen LogP contribution in [0.4, 0.5) is 8.78 Å². The number of hydrogen-bond donors (Lipinski definition) is 1. The molecule has 0 bridgehead atoms. The number of carbonyl (C=O) groups excluding carboxylic acids is 1. The number of likely N-dealkylation sites (tertiary alicyclic amines) is 1. The normalized spacial score (nSPS) is 17.6. The molecule has 1 saturated heterocycles. The van der Waals surface area contributed by atoms with Crippen molar-refractivity contribution in [3.05, 3.63) is 77.9 Å². The van der Waals surface area contributed by atoms with E-state index in [1.165, 1.54) is 0 Å². The van der Waals surface area contributed by atoms with Gasteiger partial charge in [0.15, 0.2) is 0 Å². The highest BCUT2D eigenvalue weighted by molar-refractivity contribution is 5.96. The van der Waals surface area contributed by atoms with Gasteiger partial charge in [-0.2, -0.15) is 10.2 Å². The first-order valence-electron chi connectivity index (χ1n) is 13.2. The summed E-state index contributed by atoms with van der Waals surface area (Å²) in [6.07, 6.45) is 7.30. The lowest BCUT2D eigenvalue weighted by molar-refractivity contribution is 0.0137. The predicted molar refractivity (Wildman–Crippen MR) is 149 cm³/mol. The van der Waals surface area contributed by atoms with E-state index >= 15 is 0 Å². The molecule has 1 aliphatic rings. The maximum absolute atomic E-state index is 13.7. The molecule has 210 valence electrons. The van der Waals surface area contributed by atoms with Crippen LogP contribution in [-0.2, 0) is 14.1 Å². The highest BCUT2D eigenvalue weighted by Gasteiger charge is 2.43. The number of aryl methyl sites for hydroxylation is 3. The molecule has 1 fully saturated rings. The van der Waals surface area contributed by atoms with Gasteiger partial charge in [0.2, 0.25) is 0 Å². The Kier molecular flexibility index (Phi) is 7.46. The first-order valence-corrected chi connectivity index (χ1v) is 13.2. The third-order valence-electron chi connectivity index (χ3n) is 7.41. The minimum atomic E-state index is -2.71. The number of nitrogens with one attached hydrogen (secondary N) is 1. The number of likely N-dealkylation sites (N-methyl/N-ethyl adjacent to an activating group) is 1. The highest BCUT2D eigenvalue weighted by Crippen LogP contribution is 2.32. The van der Waals surface area contributed by atoms with E-state index in [0.29, 0.717) is 11.3 Å². The molecule has 2 atom stereocenters. The van der Waals surface area contributed by atoms with E-state index in [1.807, 2.05) is 58.8 Å². The van der Waals surface area contributed by atoms with E-state index in [0.717, 1.165) is 33.4 Å². The van der Waals surface area contributed by atoms with Crippen molar-refractivity contribution in [1.82, 2.24) is 29.8 Å². The molecule has 0 aliphatic carbocycles. The molecular weight excluding hydrogens is 514 g/mol. The van der Waals surface area contributed by atoms with Crippen molar-refractivity contribution in [3.63, 3.8) is 0 Å². The summed E-state index contributed by atoms with van der Waals surface area (Å²) in [6.45, 7) is 3.66. The molecule has 0 radical (unpaired) electrons. The summed E-state index contributed by atoms with van der Waals surface area (Å²) in [7, 11) is 5.42. The Balaban J connectivity index is 1.35. The summed E-state index contributed by atoms with van der Waals surface area (Å²) in [6, 6.07) is 10.8. The maximum Gasteiger partial charge on any atom is 0.262 e. The Bertz CT molecular complexity index is 1470. The van der Waals surface area contributed by atoms with Crippen LogP contribution in [0.25, 0.3) is 22.3 Å². The van der Waals surface area contributed by atoms with Crippen molar-refractivity contribution in [3.8, 4) is 28.0 Å². The molecule has 1 amide bonds. The average Bonchev–Trinajstić information content (AvgIpc) is 3.61. The Morgan fingerprint density at radius 3 is 2.17 bits per heavy atom. The Morgan fingerprint density at radius 1 is 1.02 bits per heavy atom. The summed E-state index contributed by atoms with van der Waals surface area (Å²) < 4.78 is 36.8. The van der Waals surface area contributed by atoms with Crippen molar-refractivity contribution in [1.29, 1.82) is 0 Å². The fourth-order valence-electron chi connectivity index (χ4n) is 5.11. The number of carbonyl (C=O) groups is 1. The highest BCUT2D eigenvalue weighted by atomic mass is 19.3. The van der Waals surface area contributed by atoms with Crippen LogP contribution in [0, 0.1) is 6.92 Å². The molecule has 1 N–H and O–H groups in total. The Hall–Kier alpha value is -4.05. The smallest absolute Gasteiger partial charge is 0.262 e.